The Hall–Kier alpha value is -3.54. The number of benzene rings is 4. The Labute approximate surface area is 238 Å². The second kappa shape index (κ2) is 9.64. The number of hydrogen-bond acceptors (Lipinski definition) is 2. The standard InChI is InChI=1S/C30H16Cl4N2O2/c31-19-5-1-17(2-6-19)27-25-26(30(38)35(27)23-13-9-21(33)10-14-23)28(18-3-7-20(32)8-4-18)36(29(25)37)24-15-11-22(34)12-16-24/h1-16H. The minimum Gasteiger partial charge on any atom is -0.275 e. The highest BCUT2D eigenvalue weighted by Gasteiger charge is 2.49. The van der Waals surface area contributed by atoms with Crippen LogP contribution < -0.4 is 9.80 Å². The number of nitrogens with zero attached hydrogens (tertiary/aromatic N) is 2. The highest BCUT2D eigenvalue weighted by molar-refractivity contribution is 6.41. The number of fused-ring (bicyclic) bond motifs is 1. The van der Waals surface area contributed by atoms with Crippen LogP contribution in [0.3, 0.4) is 0 Å². The van der Waals surface area contributed by atoms with Crippen molar-refractivity contribution in [3.63, 3.8) is 0 Å². The molecule has 2 heterocycles. The molecule has 0 saturated heterocycles. The molecule has 0 unspecified atom stereocenters. The third-order valence-electron chi connectivity index (χ3n) is 6.41. The van der Waals surface area contributed by atoms with E-state index < -0.39 is 0 Å². The zero-order chi connectivity index (χ0) is 26.6. The van der Waals surface area contributed by atoms with E-state index in [-0.39, 0.29) is 11.8 Å². The summed E-state index contributed by atoms with van der Waals surface area (Å²) in [6.07, 6.45) is 0. The van der Waals surface area contributed by atoms with Crippen molar-refractivity contribution in [2.24, 2.45) is 0 Å². The SMILES string of the molecule is O=C1C2=C(c3ccc(Cl)cc3)N(c3ccc(Cl)cc3)C(=O)C2=C(c2ccc(Cl)cc2)N1c1ccc(Cl)cc1. The van der Waals surface area contributed by atoms with Crippen molar-refractivity contribution < 1.29 is 9.59 Å². The topological polar surface area (TPSA) is 40.6 Å². The summed E-state index contributed by atoms with van der Waals surface area (Å²) in [5, 5.41) is 2.15. The normalized spacial score (nSPS) is 15.2. The Balaban J connectivity index is 1.66. The van der Waals surface area contributed by atoms with Gasteiger partial charge in [0.2, 0.25) is 0 Å². The second-order valence-corrected chi connectivity index (χ2v) is 10.4. The molecule has 0 N–H and O–H groups in total. The molecule has 0 atom stereocenters. The Morgan fingerprint density at radius 3 is 0.947 bits per heavy atom. The van der Waals surface area contributed by atoms with E-state index in [4.69, 9.17) is 46.4 Å². The summed E-state index contributed by atoms with van der Waals surface area (Å²) in [7, 11) is 0. The van der Waals surface area contributed by atoms with Crippen LogP contribution in [0.25, 0.3) is 11.4 Å². The maximum Gasteiger partial charge on any atom is 0.265 e. The van der Waals surface area contributed by atoms with E-state index in [0.29, 0.717) is 65.1 Å². The fourth-order valence-electron chi connectivity index (χ4n) is 4.74. The number of carbonyl (C=O) groups excluding carboxylic acids is 2. The van der Waals surface area contributed by atoms with E-state index in [9.17, 15) is 9.59 Å². The lowest BCUT2D eigenvalue weighted by atomic mass is 10.0. The van der Waals surface area contributed by atoms with Gasteiger partial charge in [-0.1, -0.05) is 70.7 Å². The first-order chi connectivity index (χ1) is 18.3. The zero-order valence-corrected chi connectivity index (χ0v) is 22.5. The smallest absolute Gasteiger partial charge is 0.265 e. The van der Waals surface area contributed by atoms with Crippen LogP contribution in [0.2, 0.25) is 20.1 Å². The molecule has 2 aliphatic rings. The molecular formula is C30H16Cl4N2O2. The van der Waals surface area contributed by atoms with Gasteiger partial charge in [-0.2, -0.15) is 0 Å². The molecule has 38 heavy (non-hydrogen) atoms. The molecule has 0 aromatic heterocycles. The minimum atomic E-state index is -0.331. The lowest BCUT2D eigenvalue weighted by Gasteiger charge is -2.25. The van der Waals surface area contributed by atoms with Crippen LogP contribution in [0.5, 0.6) is 0 Å². The average Bonchev–Trinajstić information content (AvgIpc) is 3.38. The second-order valence-electron chi connectivity index (χ2n) is 8.69. The van der Waals surface area contributed by atoms with E-state index >= 15 is 0 Å². The van der Waals surface area contributed by atoms with Crippen molar-refractivity contribution in [1.29, 1.82) is 0 Å². The van der Waals surface area contributed by atoms with Gasteiger partial charge in [0.1, 0.15) is 0 Å². The molecule has 8 heteroatoms. The van der Waals surface area contributed by atoms with Crippen molar-refractivity contribution in [2.45, 2.75) is 0 Å². The summed E-state index contributed by atoms with van der Waals surface area (Å²) in [6.45, 7) is 0. The highest BCUT2D eigenvalue weighted by atomic mass is 35.5. The predicted octanol–water partition coefficient (Wildman–Crippen LogP) is 8.52. The molecule has 0 aliphatic carbocycles. The van der Waals surface area contributed by atoms with Gasteiger partial charge in [-0.05, 0) is 83.9 Å². The average molecular weight is 578 g/mol. The van der Waals surface area contributed by atoms with Gasteiger partial charge in [0, 0.05) is 31.5 Å². The Morgan fingerprint density at radius 2 is 0.658 bits per heavy atom. The molecule has 0 radical (unpaired) electrons. The van der Waals surface area contributed by atoms with Gasteiger partial charge in [-0.3, -0.25) is 19.4 Å². The van der Waals surface area contributed by atoms with Crippen molar-refractivity contribution in [1.82, 2.24) is 0 Å². The molecule has 6 rings (SSSR count). The molecule has 0 bridgehead atoms. The summed E-state index contributed by atoms with van der Waals surface area (Å²) < 4.78 is 0. The van der Waals surface area contributed by atoms with E-state index in [1.165, 1.54) is 0 Å². The van der Waals surface area contributed by atoms with Gasteiger partial charge in [0.15, 0.2) is 0 Å². The third-order valence-corrected chi connectivity index (χ3v) is 7.42. The number of hydrogen-bond donors (Lipinski definition) is 0. The molecule has 4 aromatic carbocycles. The van der Waals surface area contributed by atoms with Crippen LogP contribution in [-0.2, 0) is 9.59 Å². The molecular weight excluding hydrogens is 562 g/mol. The van der Waals surface area contributed by atoms with Gasteiger partial charge in [0.25, 0.3) is 11.8 Å². The summed E-state index contributed by atoms with van der Waals surface area (Å²) in [5.41, 5.74) is 4.04. The fourth-order valence-corrected chi connectivity index (χ4v) is 5.24. The molecule has 186 valence electrons. The molecule has 2 aliphatic heterocycles. The first kappa shape index (κ1) is 24.8. The summed E-state index contributed by atoms with van der Waals surface area (Å²) >= 11 is 24.6. The van der Waals surface area contributed by atoms with Crippen LogP contribution in [0.1, 0.15) is 11.1 Å². The summed E-state index contributed by atoms with van der Waals surface area (Å²) in [4.78, 5) is 31.7. The van der Waals surface area contributed by atoms with Crippen LogP contribution in [-0.4, -0.2) is 11.8 Å². The lowest BCUT2D eigenvalue weighted by Crippen LogP contribution is -2.29. The molecule has 0 spiro atoms. The van der Waals surface area contributed by atoms with Crippen LogP contribution in [0.4, 0.5) is 11.4 Å². The van der Waals surface area contributed by atoms with E-state index in [1.807, 2.05) is 0 Å². The molecule has 2 amide bonds. The summed E-state index contributed by atoms with van der Waals surface area (Å²) in [6, 6.07) is 27.9. The monoisotopic (exact) mass is 576 g/mol. The summed E-state index contributed by atoms with van der Waals surface area (Å²) in [5.74, 6) is -0.663. The number of anilines is 2. The number of amides is 2. The molecule has 0 fully saturated rings. The lowest BCUT2D eigenvalue weighted by molar-refractivity contribution is -0.115. The maximum absolute atomic E-state index is 14.3. The highest BCUT2D eigenvalue weighted by Crippen LogP contribution is 2.49. The van der Waals surface area contributed by atoms with Crippen molar-refractivity contribution in [3.05, 3.63) is 139 Å². The first-order valence-corrected chi connectivity index (χ1v) is 13.1. The van der Waals surface area contributed by atoms with E-state index in [2.05, 4.69) is 0 Å². The predicted molar refractivity (Wildman–Crippen MR) is 155 cm³/mol. The van der Waals surface area contributed by atoms with Gasteiger partial charge >= 0.3 is 0 Å². The van der Waals surface area contributed by atoms with Crippen LogP contribution >= 0.6 is 46.4 Å². The van der Waals surface area contributed by atoms with Gasteiger partial charge < -0.3 is 0 Å². The Kier molecular flexibility index (Phi) is 6.29. The number of halogens is 4. The maximum atomic E-state index is 14.3. The quantitative estimate of drug-likeness (QED) is 0.244. The van der Waals surface area contributed by atoms with Gasteiger partial charge in [-0.15, -0.1) is 0 Å². The minimum absolute atomic E-state index is 0.298. The largest absolute Gasteiger partial charge is 0.275 e. The molecule has 4 aromatic rings. The first-order valence-electron chi connectivity index (χ1n) is 11.5. The molecule has 0 saturated carbocycles. The van der Waals surface area contributed by atoms with Crippen molar-refractivity contribution >= 4 is 81.0 Å². The van der Waals surface area contributed by atoms with Crippen molar-refractivity contribution in [2.75, 3.05) is 9.80 Å². The number of rotatable bonds is 4. The Morgan fingerprint density at radius 1 is 0.395 bits per heavy atom. The van der Waals surface area contributed by atoms with Gasteiger partial charge in [-0.25, -0.2) is 0 Å². The van der Waals surface area contributed by atoms with E-state index in [1.54, 1.807) is 107 Å². The third kappa shape index (κ3) is 4.11. The van der Waals surface area contributed by atoms with Crippen LogP contribution in [0, 0.1) is 0 Å². The van der Waals surface area contributed by atoms with Gasteiger partial charge in [0.05, 0.1) is 22.5 Å². The number of carbonyl (C=O) groups is 2. The van der Waals surface area contributed by atoms with Crippen molar-refractivity contribution in [3.8, 4) is 0 Å². The van der Waals surface area contributed by atoms with E-state index in [0.717, 1.165) is 0 Å². The molecule has 4 nitrogen and oxygen atoms in total. The van der Waals surface area contributed by atoms with Crippen LogP contribution in [0.15, 0.2) is 108 Å². The Bertz CT molecular complexity index is 1530. The fraction of sp³-hybridized carbons (Fsp3) is 0. The zero-order valence-electron chi connectivity index (χ0n) is 19.5.